The number of hydrogen-bond donors (Lipinski definition) is 1. The van der Waals surface area contributed by atoms with E-state index in [0.29, 0.717) is 13.2 Å². The van der Waals surface area contributed by atoms with Gasteiger partial charge in [0.05, 0.1) is 26.0 Å². The van der Waals surface area contributed by atoms with Gasteiger partial charge in [-0.3, -0.25) is 0 Å². The Morgan fingerprint density at radius 3 is 2.94 bits per heavy atom. The molecule has 0 fully saturated rings. The molecule has 0 unspecified atom stereocenters. The van der Waals surface area contributed by atoms with Gasteiger partial charge in [0.25, 0.3) is 0 Å². The van der Waals surface area contributed by atoms with E-state index in [9.17, 15) is 0 Å². The van der Waals surface area contributed by atoms with Crippen molar-refractivity contribution < 1.29 is 9.15 Å². The SMILES string of the molecule is Clc1cccc(COCCNCc2ccco2)c1. The Morgan fingerprint density at radius 2 is 2.17 bits per heavy atom. The first-order valence-electron chi connectivity index (χ1n) is 5.90. The van der Waals surface area contributed by atoms with E-state index < -0.39 is 0 Å². The lowest BCUT2D eigenvalue weighted by Crippen LogP contribution is -2.18. The molecular formula is C14H16ClNO2. The summed E-state index contributed by atoms with van der Waals surface area (Å²) >= 11 is 5.89. The van der Waals surface area contributed by atoms with Crippen molar-refractivity contribution in [2.24, 2.45) is 0 Å². The molecule has 0 amide bonds. The topological polar surface area (TPSA) is 34.4 Å². The van der Waals surface area contributed by atoms with Gasteiger partial charge in [-0.05, 0) is 29.8 Å². The predicted octanol–water partition coefficient (Wildman–Crippen LogP) is 3.24. The molecule has 0 spiro atoms. The van der Waals surface area contributed by atoms with Gasteiger partial charge in [0.2, 0.25) is 0 Å². The quantitative estimate of drug-likeness (QED) is 0.781. The minimum absolute atomic E-state index is 0.586. The second-order valence-electron chi connectivity index (χ2n) is 3.94. The van der Waals surface area contributed by atoms with Crippen molar-refractivity contribution in [3.05, 3.63) is 59.0 Å². The van der Waals surface area contributed by atoms with Crippen molar-refractivity contribution in [2.75, 3.05) is 13.2 Å². The van der Waals surface area contributed by atoms with Crippen molar-refractivity contribution in [3.63, 3.8) is 0 Å². The summed E-state index contributed by atoms with van der Waals surface area (Å²) in [5.41, 5.74) is 1.09. The van der Waals surface area contributed by atoms with E-state index in [1.54, 1.807) is 6.26 Å². The fourth-order valence-corrected chi connectivity index (χ4v) is 1.80. The molecule has 2 rings (SSSR count). The van der Waals surface area contributed by atoms with Gasteiger partial charge in [-0.25, -0.2) is 0 Å². The first-order chi connectivity index (χ1) is 8.84. The van der Waals surface area contributed by atoms with Crippen LogP contribution in [0, 0.1) is 0 Å². The van der Waals surface area contributed by atoms with Gasteiger partial charge in [0, 0.05) is 11.6 Å². The van der Waals surface area contributed by atoms with Gasteiger partial charge in [-0.15, -0.1) is 0 Å². The zero-order valence-corrected chi connectivity index (χ0v) is 10.8. The van der Waals surface area contributed by atoms with Crippen LogP contribution in [-0.2, 0) is 17.9 Å². The molecule has 0 bridgehead atoms. The summed E-state index contributed by atoms with van der Waals surface area (Å²) in [7, 11) is 0. The highest BCUT2D eigenvalue weighted by Crippen LogP contribution is 2.11. The molecule has 18 heavy (non-hydrogen) atoms. The number of rotatable bonds is 7. The number of nitrogens with one attached hydrogen (secondary N) is 1. The van der Waals surface area contributed by atoms with Crippen LogP contribution in [0.5, 0.6) is 0 Å². The summed E-state index contributed by atoms with van der Waals surface area (Å²) in [6.07, 6.45) is 1.67. The average molecular weight is 266 g/mol. The van der Waals surface area contributed by atoms with Crippen LogP contribution in [0.3, 0.4) is 0 Å². The lowest BCUT2D eigenvalue weighted by molar-refractivity contribution is 0.122. The molecule has 0 aliphatic heterocycles. The normalized spacial score (nSPS) is 10.7. The number of halogens is 1. The lowest BCUT2D eigenvalue weighted by atomic mass is 10.2. The van der Waals surface area contributed by atoms with Gasteiger partial charge >= 0.3 is 0 Å². The fraction of sp³-hybridized carbons (Fsp3) is 0.286. The summed E-state index contributed by atoms with van der Waals surface area (Å²) < 4.78 is 10.7. The Bertz CT molecular complexity index is 457. The third-order valence-electron chi connectivity index (χ3n) is 2.46. The molecule has 0 saturated heterocycles. The zero-order chi connectivity index (χ0) is 12.6. The Hall–Kier alpha value is -1.29. The average Bonchev–Trinajstić information content (AvgIpc) is 2.87. The molecule has 0 aliphatic rings. The minimum atomic E-state index is 0.586. The first-order valence-corrected chi connectivity index (χ1v) is 6.28. The molecule has 1 N–H and O–H groups in total. The second kappa shape index (κ2) is 7.21. The maximum Gasteiger partial charge on any atom is 0.117 e. The highest BCUT2D eigenvalue weighted by atomic mass is 35.5. The summed E-state index contributed by atoms with van der Waals surface area (Å²) in [5.74, 6) is 0.935. The highest BCUT2D eigenvalue weighted by Gasteiger charge is 1.96. The van der Waals surface area contributed by atoms with Crippen LogP contribution < -0.4 is 5.32 Å². The van der Waals surface area contributed by atoms with E-state index in [4.69, 9.17) is 20.8 Å². The molecule has 2 aromatic rings. The van der Waals surface area contributed by atoms with E-state index in [1.807, 2.05) is 36.4 Å². The van der Waals surface area contributed by atoms with Crippen LogP contribution >= 0.6 is 11.6 Å². The Labute approximate surface area is 112 Å². The van der Waals surface area contributed by atoms with Crippen molar-refractivity contribution in [3.8, 4) is 0 Å². The molecule has 1 heterocycles. The monoisotopic (exact) mass is 265 g/mol. The Balaban J connectivity index is 1.56. The number of ether oxygens (including phenoxy) is 1. The summed E-state index contributed by atoms with van der Waals surface area (Å²) in [5, 5.41) is 3.98. The third-order valence-corrected chi connectivity index (χ3v) is 2.70. The molecule has 4 heteroatoms. The largest absolute Gasteiger partial charge is 0.468 e. The van der Waals surface area contributed by atoms with Crippen molar-refractivity contribution >= 4 is 11.6 Å². The number of hydrogen-bond acceptors (Lipinski definition) is 3. The maximum atomic E-state index is 5.89. The first kappa shape index (κ1) is 13.1. The molecule has 3 nitrogen and oxygen atoms in total. The molecule has 1 aromatic carbocycles. The van der Waals surface area contributed by atoms with Crippen LogP contribution in [0.2, 0.25) is 5.02 Å². The molecule has 0 aliphatic carbocycles. The van der Waals surface area contributed by atoms with Gasteiger partial charge < -0.3 is 14.5 Å². The van der Waals surface area contributed by atoms with Gasteiger partial charge in [0.15, 0.2) is 0 Å². The number of benzene rings is 1. The van der Waals surface area contributed by atoms with Crippen LogP contribution in [0.25, 0.3) is 0 Å². The summed E-state index contributed by atoms with van der Waals surface area (Å²) in [6.45, 7) is 2.77. The summed E-state index contributed by atoms with van der Waals surface area (Å²) in [4.78, 5) is 0. The lowest BCUT2D eigenvalue weighted by Gasteiger charge is -2.05. The van der Waals surface area contributed by atoms with Crippen LogP contribution in [0.15, 0.2) is 47.1 Å². The maximum absolute atomic E-state index is 5.89. The fourth-order valence-electron chi connectivity index (χ4n) is 1.59. The van der Waals surface area contributed by atoms with E-state index in [1.165, 1.54) is 0 Å². The Kier molecular flexibility index (Phi) is 5.27. The van der Waals surface area contributed by atoms with Crippen molar-refractivity contribution in [1.29, 1.82) is 0 Å². The molecule has 1 aromatic heterocycles. The molecule has 0 radical (unpaired) electrons. The van der Waals surface area contributed by atoms with E-state index in [-0.39, 0.29) is 0 Å². The van der Waals surface area contributed by atoms with Crippen LogP contribution in [0.4, 0.5) is 0 Å². The van der Waals surface area contributed by atoms with Crippen molar-refractivity contribution in [2.45, 2.75) is 13.2 Å². The third kappa shape index (κ3) is 4.53. The molecule has 0 saturated carbocycles. The predicted molar refractivity (Wildman–Crippen MR) is 71.5 cm³/mol. The van der Waals surface area contributed by atoms with Crippen LogP contribution in [0.1, 0.15) is 11.3 Å². The van der Waals surface area contributed by atoms with Crippen molar-refractivity contribution in [1.82, 2.24) is 5.32 Å². The zero-order valence-electron chi connectivity index (χ0n) is 10.1. The van der Waals surface area contributed by atoms with E-state index in [0.717, 1.165) is 29.4 Å². The highest BCUT2D eigenvalue weighted by molar-refractivity contribution is 6.30. The molecule has 96 valence electrons. The number of furan rings is 1. The van der Waals surface area contributed by atoms with Crippen LogP contribution in [-0.4, -0.2) is 13.2 Å². The Morgan fingerprint density at radius 1 is 1.22 bits per heavy atom. The molecular weight excluding hydrogens is 250 g/mol. The second-order valence-corrected chi connectivity index (χ2v) is 4.38. The summed E-state index contributed by atoms with van der Waals surface area (Å²) in [6, 6.07) is 11.5. The van der Waals surface area contributed by atoms with Gasteiger partial charge in [0.1, 0.15) is 5.76 Å². The smallest absolute Gasteiger partial charge is 0.117 e. The molecule has 0 atom stereocenters. The van der Waals surface area contributed by atoms with Gasteiger partial charge in [-0.2, -0.15) is 0 Å². The minimum Gasteiger partial charge on any atom is -0.468 e. The van der Waals surface area contributed by atoms with E-state index in [2.05, 4.69) is 5.32 Å². The van der Waals surface area contributed by atoms with E-state index >= 15 is 0 Å². The van der Waals surface area contributed by atoms with Gasteiger partial charge in [-0.1, -0.05) is 23.7 Å². The standard InChI is InChI=1S/C14H16ClNO2/c15-13-4-1-3-12(9-13)11-17-8-6-16-10-14-5-2-7-18-14/h1-5,7,9,16H,6,8,10-11H2.